The summed E-state index contributed by atoms with van der Waals surface area (Å²) in [5.74, 6) is -1.34. The van der Waals surface area contributed by atoms with Crippen molar-refractivity contribution in [2.75, 3.05) is 6.54 Å². The molecule has 0 aliphatic carbocycles. The number of likely N-dealkylation sites (tertiary alicyclic amines) is 1. The molecule has 2 aromatic rings. The molecule has 1 aliphatic rings. The molecule has 2 unspecified atom stereocenters. The Morgan fingerprint density at radius 2 is 2.08 bits per heavy atom. The van der Waals surface area contributed by atoms with Gasteiger partial charge in [0, 0.05) is 17.7 Å². The topological polar surface area (TPSA) is 70.7 Å². The first-order valence-corrected chi connectivity index (χ1v) is 8.22. The van der Waals surface area contributed by atoms with Crippen LogP contribution < -0.4 is 0 Å². The maximum Gasteiger partial charge on any atom is 0.311 e. The first-order valence-electron chi connectivity index (χ1n) is 8.22. The van der Waals surface area contributed by atoms with Crippen molar-refractivity contribution in [3.05, 3.63) is 58.8 Å². The minimum atomic E-state index is -1.07. The van der Waals surface area contributed by atoms with E-state index in [9.17, 15) is 14.0 Å². The molecule has 1 aromatic heterocycles. The predicted molar refractivity (Wildman–Crippen MR) is 88.7 cm³/mol. The van der Waals surface area contributed by atoms with E-state index in [1.54, 1.807) is 30.0 Å². The zero-order valence-corrected chi connectivity index (χ0v) is 14.2. The quantitative estimate of drug-likeness (QED) is 0.919. The van der Waals surface area contributed by atoms with Crippen LogP contribution in [0.15, 0.2) is 34.9 Å². The molecule has 0 saturated carbocycles. The maximum atomic E-state index is 14.2. The minimum Gasteiger partial charge on any atom is -0.481 e. The van der Waals surface area contributed by atoms with Gasteiger partial charge in [0.15, 0.2) is 0 Å². The third kappa shape index (κ3) is 3.29. The Bertz CT molecular complexity index is 814. The summed E-state index contributed by atoms with van der Waals surface area (Å²) in [7, 11) is 0. The summed E-state index contributed by atoms with van der Waals surface area (Å²) >= 11 is 0. The predicted octanol–water partition coefficient (Wildman–Crippen LogP) is 3.58. The number of aliphatic carboxylic acids is 1. The first-order chi connectivity index (χ1) is 11.9. The van der Waals surface area contributed by atoms with Gasteiger partial charge in [-0.05, 0) is 25.3 Å². The average Bonchev–Trinajstić information content (AvgIpc) is 3.10. The van der Waals surface area contributed by atoms with Crippen LogP contribution in [0.2, 0.25) is 0 Å². The summed E-state index contributed by atoms with van der Waals surface area (Å²) in [5, 5.41) is 9.02. The number of rotatable bonds is 4. The number of carbonyl (C=O) groups excluding carboxylic acids is 1. The van der Waals surface area contributed by atoms with E-state index in [0.29, 0.717) is 24.1 Å². The molecule has 0 bridgehead atoms. The number of hydrogen-bond donors (Lipinski definition) is 1. The van der Waals surface area contributed by atoms with Gasteiger partial charge in [-0.25, -0.2) is 4.39 Å². The van der Waals surface area contributed by atoms with Crippen LogP contribution in [0.25, 0.3) is 0 Å². The van der Waals surface area contributed by atoms with Crippen molar-refractivity contribution in [3.63, 3.8) is 0 Å². The number of halogens is 1. The molecule has 25 heavy (non-hydrogen) atoms. The Hall–Kier alpha value is -2.63. The van der Waals surface area contributed by atoms with Crippen LogP contribution >= 0.6 is 0 Å². The van der Waals surface area contributed by atoms with Gasteiger partial charge in [-0.3, -0.25) is 9.59 Å². The number of aryl methyl sites for hydroxylation is 1. The third-order valence-electron chi connectivity index (χ3n) is 4.61. The summed E-state index contributed by atoms with van der Waals surface area (Å²) in [6, 6.07) is 6.09. The van der Waals surface area contributed by atoms with Crippen LogP contribution in [0.1, 0.15) is 46.6 Å². The smallest absolute Gasteiger partial charge is 0.311 e. The number of carbonyl (C=O) groups is 2. The molecule has 0 radical (unpaired) electrons. The SMILES string of the molecule is Cc1coc(CC(=O)O)c1C(=O)N1CC(C)CC1c1ccccc1F. The van der Waals surface area contributed by atoms with Gasteiger partial charge in [0.25, 0.3) is 5.91 Å². The molecule has 1 amide bonds. The molecule has 1 aromatic carbocycles. The van der Waals surface area contributed by atoms with Gasteiger partial charge in [-0.1, -0.05) is 25.1 Å². The van der Waals surface area contributed by atoms with Gasteiger partial charge in [0.1, 0.15) is 18.0 Å². The van der Waals surface area contributed by atoms with Gasteiger partial charge >= 0.3 is 5.97 Å². The lowest BCUT2D eigenvalue weighted by Gasteiger charge is -2.25. The molecule has 132 valence electrons. The van der Waals surface area contributed by atoms with Gasteiger partial charge in [-0.15, -0.1) is 0 Å². The van der Waals surface area contributed by atoms with E-state index in [4.69, 9.17) is 9.52 Å². The highest BCUT2D eigenvalue weighted by molar-refractivity contribution is 5.98. The van der Waals surface area contributed by atoms with Crippen LogP contribution in [0.5, 0.6) is 0 Å². The zero-order chi connectivity index (χ0) is 18.1. The number of hydrogen-bond acceptors (Lipinski definition) is 3. The zero-order valence-electron chi connectivity index (χ0n) is 14.2. The van der Waals surface area contributed by atoms with Crippen LogP contribution in [0.3, 0.4) is 0 Å². The molecule has 1 saturated heterocycles. The minimum absolute atomic E-state index is 0.141. The molecule has 5 nitrogen and oxygen atoms in total. The van der Waals surface area contributed by atoms with Crippen LogP contribution in [0, 0.1) is 18.7 Å². The molecular formula is C19H20FNO4. The molecule has 3 rings (SSSR count). The van der Waals surface area contributed by atoms with Crippen molar-refractivity contribution in [2.24, 2.45) is 5.92 Å². The van der Waals surface area contributed by atoms with Gasteiger partial charge in [-0.2, -0.15) is 0 Å². The monoisotopic (exact) mass is 345 g/mol. The number of carboxylic acids is 1. The largest absolute Gasteiger partial charge is 0.481 e. The fourth-order valence-corrected chi connectivity index (χ4v) is 3.51. The van der Waals surface area contributed by atoms with Crippen molar-refractivity contribution in [1.82, 2.24) is 4.90 Å². The van der Waals surface area contributed by atoms with Crippen molar-refractivity contribution in [2.45, 2.75) is 32.7 Å². The highest BCUT2D eigenvalue weighted by atomic mass is 19.1. The highest BCUT2D eigenvalue weighted by Crippen LogP contribution is 2.38. The fourth-order valence-electron chi connectivity index (χ4n) is 3.51. The molecular weight excluding hydrogens is 325 g/mol. The molecule has 1 N–H and O–H groups in total. The van der Waals surface area contributed by atoms with Gasteiger partial charge in [0.2, 0.25) is 0 Å². The van der Waals surface area contributed by atoms with Crippen LogP contribution in [-0.4, -0.2) is 28.4 Å². The number of carboxylic acid groups (broad SMARTS) is 1. The molecule has 2 heterocycles. The Kier molecular flexibility index (Phi) is 4.61. The molecule has 6 heteroatoms. The average molecular weight is 345 g/mol. The van der Waals surface area contributed by atoms with E-state index in [-0.39, 0.29) is 41.4 Å². The lowest BCUT2D eigenvalue weighted by atomic mass is 10.00. The van der Waals surface area contributed by atoms with E-state index in [1.165, 1.54) is 12.3 Å². The van der Waals surface area contributed by atoms with Crippen molar-refractivity contribution in [3.8, 4) is 0 Å². The van der Waals surface area contributed by atoms with E-state index >= 15 is 0 Å². The number of furan rings is 1. The summed E-state index contributed by atoms with van der Waals surface area (Å²) in [6.07, 6.45) is 1.70. The van der Waals surface area contributed by atoms with Gasteiger partial charge in [0.05, 0.1) is 17.9 Å². The number of amides is 1. The number of nitrogens with zero attached hydrogens (tertiary/aromatic N) is 1. The Labute approximate surface area is 145 Å². The van der Waals surface area contributed by atoms with Crippen molar-refractivity contribution >= 4 is 11.9 Å². The number of benzene rings is 1. The standard InChI is InChI=1S/C19H20FNO4/c1-11-7-15(13-5-3-4-6-14(13)20)21(9-11)19(24)18-12(2)10-25-16(18)8-17(22)23/h3-6,10-11,15H,7-9H2,1-2H3,(H,22,23). The van der Waals surface area contributed by atoms with E-state index in [0.717, 1.165) is 0 Å². The second kappa shape index (κ2) is 6.70. The third-order valence-corrected chi connectivity index (χ3v) is 4.61. The van der Waals surface area contributed by atoms with Gasteiger partial charge < -0.3 is 14.4 Å². The lowest BCUT2D eigenvalue weighted by molar-refractivity contribution is -0.136. The van der Waals surface area contributed by atoms with Crippen LogP contribution in [0.4, 0.5) is 4.39 Å². The maximum absolute atomic E-state index is 14.2. The molecule has 1 aliphatic heterocycles. The lowest BCUT2D eigenvalue weighted by Crippen LogP contribution is -2.32. The Morgan fingerprint density at radius 3 is 2.76 bits per heavy atom. The molecule has 1 fully saturated rings. The van der Waals surface area contributed by atoms with E-state index in [1.807, 2.05) is 6.92 Å². The summed E-state index contributed by atoms with van der Waals surface area (Å²) in [4.78, 5) is 25.8. The summed E-state index contributed by atoms with van der Waals surface area (Å²) < 4.78 is 19.5. The van der Waals surface area contributed by atoms with Crippen LogP contribution in [-0.2, 0) is 11.2 Å². The highest BCUT2D eigenvalue weighted by Gasteiger charge is 2.37. The Balaban J connectivity index is 1.97. The molecule has 0 spiro atoms. The fraction of sp³-hybridized carbons (Fsp3) is 0.368. The van der Waals surface area contributed by atoms with Crippen molar-refractivity contribution < 1.29 is 23.5 Å². The van der Waals surface area contributed by atoms with Crippen molar-refractivity contribution in [1.29, 1.82) is 0 Å². The second-order valence-corrected chi connectivity index (χ2v) is 6.62. The van der Waals surface area contributed by atoms with E-state index < -0.39 is 5.97 Å². The first kappa shape index (κ1) is 17.2. The summed E-state index contributed by atoms with van der Waals surface area (Å²) in [6.45, 7) is 4.22. The summed E-state index contributed by atoms with van der Waals surface area (Å²) in [5.41, 5.74) is 1.35. The Morgan fingerprint density at radius 1 is 1.36 bits per heavy atom. The molecule has 2 atom stereocenters. The normalized spacial score (nSPS) is 20.0. The second-order valence-electron chi connectivity index (χ2n) is 6.62. The van der Waals surface area contributed by atoms with E-state index in [2.05, 4.69) is 0 Å².